The predicted molar refractivity (Wildman–Crippen MR) is 79.0 cm³/mol. The van der Waals surface area contributed by atoms with E-state index in [1.807, 2.05) is 25.1 Å². The Balaban J connectivity index is 2.55. The molecule has 0 heterocycles. The fourth-order valence-corrected chi connectivity index (χ4v) is 1.78. The second-order valence-electron chi connectivity index (χ2n) is 4.46. The summed E-state index contributed by atoms with van der Waals surface area (Å²) in [5.41, 5.74) is 1.42. The molecule has 1 amide bonds. The molecule has 0 aliphatic heterocycles. The van der Waals surface area contributed by atoms with Crippen LogP contribution in [0.2, 0.25) is 5.02 Å². The van der Waals surface area contributed by atoms with Crippen molar-refractivity contribution in [1.29, 1.82) is 0 Å². The van der Waals surface area contributed by atoms with Gasteiger partial charge >= 0.3 is 0 Å². The van der Waals surface area contributed by atoms with Crippen molar-refractivity contribution in [3.05, 3.63) is 40.4 Å². The number of halogens is 1. The van der Waals surface area contributed by atoms with Gasteiger partial charge in [0.05, 0.1) is 6.10 Å². The fraction of sp³-hybridized carbons (Fsp3) is 0.400. The van der Waals surface area contributed by atoms with Gasteiger partial charge in [0.15, 0.2) is 0 Å². The SMILES string of the molecule is CCC(O)CCNC(=O)/C(C)=C/c1ccccc1Cl. The number of nitrogens with one attached hydrogen (secondary N) is 1. The molecule has 0 fully saturated rings. The van der Waals surface area contributed by atoms with Gasteiger partial charge in [-0.2, -0.15) is 0 Å². The van der Waals surface area contributed by atoms with Crippen LogP contribution in [-0.4, -0.2) is 23.7 Å². The molecule has 0 aromatic heterocycles. The van der Waals surface area contributed by atoms with E-state index in [1.165, 1.54) is 0 Å². The van der Waals surface area contributed by atoms with Gasteiger partial charge in [0.1, 0.15) is 0 Å². The summed E-state index contributed by atoms with van der Waals surface area (Å²) in [6.07, 6.45) is 2.67. The lowest BCUT2D eigenvalue weighted by Crippen LogP contribution is -2.27. The highest BCUT2D eigenvalue weighted by Crippen LogP contribution is 2.18. The molecule has 4 heteroatoms. The monoisotopic (exact) mass is 281 g/mol. The molecule has 0 radical (unpaired) electrons. The normalized spacial score (nSPS) is 13.2. The van der Waals surface area contributed by atoms with Crippen molar-refractivity contribution < 1.29 is 9.90 Å². The molecule has 1 unspecified atom stereocenters. The topological polar surface area (TPSA) is 49.3 Å². The summed E-state index contributed by atoms with van der Waals surface area (Å²) in [6.45, 7) is 4.13. The zero-order chi connectivity index (χ0) is 14.3. The highest BCUT2D eigenvalue weighted by molar-refractivity contribution is 6.32. The van der Waals surface area contributed by atoms with Gasteiger partial charge < -0.3 is 10.4 Å². The molecule has 0 saturated carbocycles. The standard InChI is InChI=1S/C15H20ClNO2/c1-3-13(18)8-9-17-15(19)11(2)10-12-6-4-5-7-14(12)16/h4-7,10,13,18H,3,8-9H2,1-2H3,(H,17,19)/b11-10+. The van der Waals surface area contributed by atoms with Gasteiger partial charge in [-0.1, -0.05) is 36.7 Å². The Morgan fingerprint density at radius 1 is 1.47 bits per heavy atom. The van der Waals surface area contributed by atoms with Crippen LogP contribution in [0.3, 0.4) is 0 Å². The molecule has 0 saturated heterocycles. The number of rotatable bonds is 6. The van der Waals surface area contributed by atoms with Gasteiger partial charge in [0.2, 0.25) is 5.91 Å². The van der Waals surface area contributed by atoms with Crippen LogP contribution in [0.4, 0.5) is 0 Å². The number of aliphatic hydroxyl groups is 1. The highest BCUT2D eigenvalue weighted by Gasteiger charge is 2.06. The van der Waals surface area contributed by atoms with E-state index in [9.17, 15) is 9.90 Å². The maximum Gasteiger partial charge on any atom is 0.246 e. The van der Waals surface area contributed by atoms with E-state index in [4.69, 9.17) is 11.6 Å². The van der Waals surface area contributed by atoms with Crippen molar-refractivity contribution in [3.8, 4) is 0 Å². The summed E-state index contributed by atoms with van der Waals surface area (Å²) in [7, 11) is 0. The maximum atomic E-state index is 11.8. The van der Waals surface area contributed by atoms with Crippen LogP contribution in [0.15, 0.2) is 29.8 Å². The Hall–Kier alpha value is -1.32. The van der Waals surface area contributed by atoms with Crippen LogP contribution >= 0.6 is 11.6 Å². The molecule has 1 aromatic carbocycles. The Bertz CT molecular complexity index is 457. The number of amides is 1. The van der Waals surface area contributed by atoms with Crippen molar-refractivity contribution in [1.82, 2.24) is 5.32 Å². The summed E-state index contributed by atoms with van der Waals surface area (Å²) in [5, 5.41) is 12.8. The second-order valence-corrected chi connectivity index (χ2v) is 4.86. The lowest BCUT2D eigenvalue weighted by molar-refractivity contribution is -0.117. The van der Waals surface area contributed by atoms with Gasteiger partial charge in [-0.15, -0.1) is 0 Å². The number of carbonyl (C=O) groups excluding carboxylic acids is 1. The first kappa shape index (κ1) is 15.7. The number of hydrogen-bond donors (Lipinski definition) is 2. The minimum absolute atomic E-state index is 0.136. The molecule has 1 atom stereocenters. The van der Waals surface area contributed by atoms with Crippen LogP contribution in [0.5, 0.6) is 0 Å². The Labute approximate surface area is 119 Å². The summed E-state index contributed by atoms with van der Waals surface area (Å²) in [6, 6.07) is 7.37. The van der Waals surface area contributed by atoms with E-state index < -0.39 is 0 Å². The molecule has 19 heavy (non-hydrogen) atoms. The molecule has 2 N–H and O–H groups in total. The molecule has 1 rings (SSSR count). The van der Waals surface area contributed by atoms with Gasteiger partial charge in [0, 0.05) is 17.1 Å². The average molecular weight is 282 g/mol. The van der Waals surface area contributed by atoms with Gasteiger partial charge in [-0.05, 0) is 37.5 Å². The van der Waals surface area contributed by atoms with Crippen LogP contribution in [0.25, 0.3) is 6.08 Å². The Kier molecular flexibility index (Phi) is 6.60. The minimum atomic E-state index is -0.354. The van der Waals surface area contributed by atoms with Crippen molar-refractivity contribution in [2.45, 2.75) is 32.8 Å². The van der Waals surface area contributed by atoms with E-state index in [2.05, 4.69) is 5.32 Å². The van der Waals surface area contributed by atoms with Gasteiger partial charge in [-0.25, -0.2) is 0 Å². The van der Waals surface area contributed by atoms with Crippen LogP contribution in [0.1, 0.15) is 32.3 Å². The molecule has 104 valence electrons. The first-order chi connectivity index (χ1) is 9.04. The van der Waals surface area contributed by atoms with Crippen molar-refractivity contribution in [2.24, 2.45) is 0 Å². The largest absolute Gasteiger partial charge is 0.393 e. The molecule has 3 nitrogen and oxygen atoms in total. The third-order valence-corrected chi connectivity index (χ3v) is 3.21. The minimum Gasteiger partial charge on any atom is -0.393 e. The van der Waals surface area contributed by atoms with E-state index in [1.54, 1.807) is 19.1 Å². The molecular weight excluding hydrogens is 262 g/mol. The Morgan fingerprint density at radius 2 is 2.16 bits per heavy atom. The summed E-state index contributed by atoms with van der Waals surface area (Å²) in [5.74, 6) is -0.136. The van der Waals surface area contributed by atoms with Gasteiger partial charge in [0.25, 0.3) is 0 Å². The van der Waals surface area contributed by atoms with E-state index >= 15 is 0 Å². The number of benzene rings is 1. The average Bonchev–Trinajstić information content (AvgIpc) is 2.40. The molecule has 1 aromatic rings. The first-order valence-corrected chi connectivity index (χ1v) is 6.81. The number of hydrogen-bond acceptors (Lipinski definition) is 2. The van der Waals surface area contributed by atoms with Crippen LogP contribution < -0.4 is 5.32 Å². The summed E-state index contributed by atoms with van der Waals surface area (Å²) >= 11 is 6.03. The zero-order valence-electron chi connectivity index (χ0n) is 11.3. The Morgan fingerprint density at radius 3 is 2.79 bits per heavy atom. The number of aliphatic hydroxyl groups excluding tert-OH is 1. The maximum absolute atomic E-state index is 11.8. The van der Waals surface area contributed by atoms with Crippen molar-refractivity contribution >= 4 is 23.6 Å². The van der Waals surface area contributed by atoms with Crippen molar-refractivity contribution in [2.75, 3.05) is 6.54 Å². The number of carbonyl (C=O) groups is 1. The molecule has 0 aliphatic rings. The molecule has 0 bridgehead atoms. The fourth-order valence-electron chi connectivity index (χ4n) is 1.59. The van der Waals surface area contributed by atoms with Crippen LogP contribution in [0, 0.1) is 0 Å². The van der Waals surface area contributed by atoms with E-state index in [0.717, 1.165) is 5.56 Å². The lowest BCUT2D eigenvalue weighted by Gasteiger charge is -2.09. The van der Waals surface area contributed by atoms with Crippen LogP contribution in [-0.2, 0) is 4.79 Å². The third-order valence-electron chi connectivity index (χ3n) is 2.87. The zero-order valence-corrected chi connectivity index (χ0v) is 12.1. The quantitative estimate of drug-likeness (QED) is 0.788. The molecular formula is C15H20ClNO2. The highest BCUT2D eigenvalue weighted by atomic mass is 35.5. The third kappa shape index (κ3) is 5.45. The van der Waals surface area contributed by atoms with E-state index in [-0.39, 0.29) is 12.0 Å². The van der Waals surface area contributed by atoms with Gasteiger partial charge in [-0.3, -0.25) is 4.79 Å². The predicted octanol–water partition coefficient (Wildman–Crippen LogP) is 3.02. The summed E-state index contributed by atoms with van der Waals surface area (Å²) < 4.78 is 0. The molecule has 0 aliphatic carbocycles. The smallest absolute Gasteiger partial charge is 0.246 e. The van der Waals surface area contributed by atoms with E-state index in [0.29, 0.717) is 30.0 Å². The van der Waals surface area contributed by atoms with Crippen molar-refractivity contribution in [3.63, 3.8) is 0 Å². The molecule has 0 spiro atoms. The lowest BCUT2D eigenvalue weighted by atomic mass is 10.1. The summed E-state index contributed by atoms with van der Waals surface area (Å²) in [4.78, 5) is 11.8. The second kappa shape index (κ2) is 7.97. The first-order valence-electron chi connectivity index (χ1n) is 6.43.